The van der Waals surface area contributed by atoms with Crippen molar-refractivity contribution in [3.8, 4) is 5.75 Å². The first kappa shape index (κ1) is 22.0. The Labute approximate surface area is 181 Å². The predicted molar refractivity (Wildman–Crippen MR) is 118 cm³/mol. The first-order chi connectivity index (χ1) is 14.9. The first-order valence-corrected chi connectivity index (χ1v) is 10.1. The summed E-state index contributed by atoms with van der Waals surface area (Å²) in [6, 6.07) is 12.7. The summed E-state index contributed by atoms with van der Waals surface area (Å²) in [7, 11) is 0. The lowest BCUT2D eigenvalue weighted by atomic mass is 10.2. The predicted octanol–water partition coefficient (Wildman–Crippen LogP) is 2.71. The van der Waals surface area contributed by atoms with Crippen LogP contribution in [0.1, 0.15) is 18.9 Å². The minimum atomic E-state index is -0.732. The Balaban J connectivity index is 1.67. The number of amides is 2. The Morgan fingerprint density at radius 3 is 2.68 bits per heavy atom. The second kappa shape index (κ2) is 9.85. The Hall–Kier alpha value is -3.73. The summed E-state index contributed by atoms with van der Waals surface area (Å²) in [6.45, 7) is 2.37. The van der Waals surface area contributed by atoms with E-state index < -0.39 is 16.1 Å². The highest BCUT2D eigenvalue weighted by atomic mass is 32.2. The number of amidine groups is 1. The van der Waals surface area contributed by atoms with Crippen molar-refractivity contribution in [2.24, 2.45) is 15.9 Å². The van der Waals surface area contributed by atoms with Crippen LogP contribution in [0.5, 0.6) is 5.75 Å². The van der Waals surface area contributed by atoms with Gasteiger partial charge in [-0.15, -0.1) is 5.10 Å². The average molecular weight is 441 g/mol. The third-order valence-electron chi connectivity index (χ3n) is 4.26. The Kier molecular flexibility index (Phi) is 6.98. The van der Waals surface area contributed by atoms with E-state index in [0.29, 0.717) is 18.0 Å². The first-order valence-electron chi connectivity index (χ1n) is 9.27. The van der Waals surface area contributed by atoms with Crippen LogP contribution < -0.4 is 15.4 Å². The number of anilines is 1. The van der Waals surface area contributed by atoms with Crippen molar-refractivity contribution in [1.29, 1.82) is 0 Å². The van der Waals surface area contributed by atoms with Crippen molar-refractivity contribution >= 4 is 46.3 Å². The highest BCUT2D eigenvalue weighted by Gasteiger charge is 2.40. The topological polar surface area (TPSA) is 140 Å². The Bertz CT molecular complexity index is 1050. The number of nitro benzene ring substituents is 1. The van der Waals surface area contributed by atoms with E-state index in [0.717, 1.165) is 16.7 Å². The highest BCUT2D eigenvalue weighted by Crippen LogP contribution is 2.30. The third kappa shape index (κ3) is 5.25. The van der Waals surface area contributed by atoms with Crippen LogP contribution >= 0.6 is 11.8 Å². The Morgan fingerprint density at radius 2 is 2.00 bits per heavy atom. The van der Waals surface area contributed by atoms with Crippen molar-refractivity contribution in [2.75, 3.05) is 11.5 Å². The lowest BCUT2D eigenvalue weighted by Crippen LogP contribution is -2.31. The van der Waals surface area contributed by atoms with Crippen LogP contribution in [0.4, 0.5) is 11.4 Å². The summed E-state index contributed by atoms with van der Waals surface area (Å²) in [5, 5.41) is 17.8. The van der Waals surface area contributed by atoms with Gasteiger partial charge in [0, 0.05) is 12.5 Å². The number of benzene rings is 2. The van der Waals surface area contributed by atoms with Crippen LogP contribution in [0, 0.1) is 10.1 Å². The van der Waals surface area contributed by atoms with Gasteiger partial charge in [0.15, 0.2) is 5.17 Å². The smallest absolute Gasteiger partial charge is 0.278 e. The standard InChI is InChI=1S/C20H19N5O5S/c1-2-30-15-9-7-14(8-10-15)24-18(26)11-17(19(24)27)31-20(21)23-22-12-13-5-3-4-6-16(13)25(28)29/h3-10,12,17H,2,11H2,1H3,(H2,21,23)/b22-12-/t17-/m0/s1. The molecule has 0 saturated carbocycles. The van der Waals surface area contributed by atoms with E-state index in [2.05, 4.69) is 10.2 Å². The normalized spacial score (nSPS) is 16.9. The number of thioether (sulfide) groups is 1. The molecule has 1 heterocycles. The number of imide groups is 1. The maximum Gasteiger partial charge on any atom is 0.278 e. The zero-order chi connectivity index (χ0) is 22.4. The number of nitrogens with two attached hydrogens (primary N) is 1. The summed E-state index contributed by atoms with van der Waals surface area (Å²) >= 11 is 0.918. The van der Waals surface area contributed by atoms with Gasteiger partial charge in [-0.05, 0) is 37.3 Å². The second-order valence-electron chi connectivity index (χ2n) is 6.30. The molecule has 0 aromatic heterocycles. The molecule has 0 radical (unpaired) electrons. The lowest BCUT2D eigenvalue weighted by molar-refractivity contribution is -0.385. The van der Waals surface area contributed by atoms with Crippen LogP contribution in [-0.4, -0.2) is 40.0 Å². The number of carbonyl (C=O) groups excluding carboxylic acids is 2. The van der Waals surface area contributed by atoms with Crippen LogP contribution in [0.25, 0.3) is 0 Å². The largest absolute Gasteiger partial charge is 0.494 e. The van der Waals surface area contributed by atoms with Crippen LogP contribution in [0.3, 0.4) is 0 Å². The molecule has 2 aromatic rings. The molecular weight excluding hydrogens is 422 g/mol. The molecule has 1 atom stereocenters. The van der Waals surface area contributed by atoms with E-state index in [9.17, 15) is 19.7 Å². The maximum absolute atomic E-state index is 12.7. The molecule has 0 spiro atoms. The van der Waals surface area contributed by atoms with Crippen LogP contribution in [-0.2, 0) is 9.59 Å². The van der Waals surface area contributed by atoms with Gasteiger partial charge in [-0.2, -0.15) is 5.10 Å². The molecule has 11 heteroatoms. The van der Waals surface area contributed by atoms with Gasteiger partial charge in [0.25, 0.3) is 5.69 Å². The van der Waals surface area contributed by atoms with Gasteiger partial charge in [0.2, 0.25) is 11.8 Å². The molecule has 1 aliphatic rings. The molecular formula is C20H19N5O5S. The number of carbonyl (C=O) groups is 2. The molecule has 1 fully saturated rings. The number of nitro groups is 1. The van der Waals surface area contributed by atoms with Gasteiger partial charge >= 0.3 is 0 Å². The summed E-state index contributed by atoms with van der Waals surface area (Å²) in [5.41, 5.74) is 6.43. The summed E-state index contributed by atoms with van der Waals surface area (Å²) in [5.74, 6) is -0.105. The minimum absolute atomic E-state index is 0.0270. The van der Waals surface area contributed by atoms with Gasteiger partial charge in [0.1, 0.15) is 11.0 Å². The van der Waals surface area contributed by atoms with E-state index in [-0.39, 0.29) is 28.7 Å². The van der Waals surface area contributed by atoms with Crippen molar-refractivity contribution in [3.63, 3.8) is 0 Å². The van der Waals surface area contributed by atoms with E-state index in [4.69, 9.17) is 10.5 Å². The number of para-hydroxylation sites is 1. The molecule has 10 nitrogen and oxygen atoms in total. The monoisotopic (exact) mass is 441 g/mol. The van der Waals surface area contributed by atoms with Gasteiger partial charge < -0.3 is 10.5 Å². The quantitative estimate of drug-likeness (QED) is 0.229. The molecule has 2 amide bonds. The van der Waals surface area contributed by atoms with Crippen molar-refractivity contribution in [1.82, 2.24) is 0 Å². The molecule has 2 aromatic carbocycles. The summed E-state index contributed by atoms with van der Waals surface area (Å²) < 4.78 is 5.37. The third-order valence-corrected chi connectivity index (χ3v) is 5.24. The lowest BCUT2D eigenvalue weighted by Gasteiger charge is -2.15. The average Bonchev–Trinajstić information content (AvgIpc) is 3.02. The fraction of sp³-hybridized carbons (Fsp3) is 0.200. The van der Waals surface area contributed by atoms with Crippen LogP contribution in [0.2, 0.25) is 0 Å². The molecule has 0 bridgehead atoms. The number of hydrogen-bond donors (Lipinski definition) is 1. The van der Waals surface area contributed by atoms with E-state index in [1.807, 2.05) is 6.92 Å². The van der Waals surface area contributed by atoms with Crippen molar-refractivity contribution in [2.45, 2.75) is 18.6 Å². The molecule has 1 aliphatic heterocycles. The molecule has 2 N–H and O–H groups in total. The van der Waals surface area contributed by atoms with E-state index in [1.165, 1.54) is 18.3 Å². The number of nitrogens with zero attached hydrogens (tertiary/aromatic N) is 4. The minimum Gasteiger partial charge on any atom is -0.494 e. The van der Waals surface area contributed by atoms with E-state index >= 15 is 0 Å². The highest BCUT2D eigenvalue weighted by molar-refractivity contribution is 8.14. The summed E-state index contributed by atoms with van der Waals surface area (Å²) in [4.78, 5) is 36.7. The molecule has 0 unspecified atom stereocenters. The number of rotatable bonds is 7. The van der Waals surface area contributed by atoms with Gasteiger partial charge in [-0.3, -0.25) is 19.7 Å². The molecule has 160 valence electrons. The SMILES string of the molecule is CCOc1ccc(N2C(=O)C[C@H](SC(N)=N/N=C\c3ccccc3[N+](=O)[O-])C2=O)cc1. The molecule has 3 rings (SSSR count). The van der Waals surface area contributed by atoms with E-state index in [1.54, 1.807) is 36.4 Å². The van der Waals surface area contributed by atoms with Gasteiger partial charge in [-0.1, -0.05) is 23.9 Å². The van der Waals surface area contributed by atoms with Gasteiger partial charge in [-0.25, -0.2) is 4.90 Å². The Morgan fingerprint density at radius 1 is 1.29 bits per heavy atom. The fourth-order valence-electron chi connectivity index (χ4n) is 2.91. The maximum atomic E-state index is 12.7. The van der Waals surface area contributed by atoms with Crippen molar-refractivity contribution in [3.05, 3.63) is 64.2 Å². The zero-order valence-corrected chi connectivity index (χ0v) is 17.3. The second-order valence-corrected chi connectivity index (χ2v) is 7.53. The zero-order valence-electron chi connectivity index (χ0n) is 16.5. The molecule has 31 heavy (non-hydrogen) atoms. The number of ether oxygens (including phenoxy) is 1. The van der Waals surface area contributed by atoms with Gasteiger partial charge in [0.05, 0.1) is 29.0 Å². The van der Waals surface area contributed by atoms with Crippen molar-refractivity contribution < 1.29 is 19.2 Å². The molecule has 0 aliphatic carbocycles. The van der Waals surface area contributed by atoms with Crippen LogP contribution in [0.15, 0.2) is 58.7 Å². The molecule has 1 saturated heterocycles. The summed E-state index contributed by atoms with van der Waals surface area (Å²) in [6.07, 6.45) is 1.18. The number of hydrogen-bond acceptors (Lipinski definition) is 8. The fourth-order valence-corrected chi connectivity index (χ4v) is 3.72.